The Morgan fingerprint density at radius 2 is 2.11 bits per heavy atom. The Balaban J connectivity index is 2.54. The number of aromatic amines is 1. The fourth-order valence-electron chi connectivity index (χ4n) is 1.62. The minimum atomic E-state index is -4.41. The third-order valence-corrected chi connectivity index (χ3v) is 2.44. The Hall–Kier alpha value is -2.05. The number of hydrogen-bond acceptors (Lipinski definition) is 2. The largest absolute Gasteiger partial charge is 0.416 e. The molecule has 18 heavy (non-hydrogen) atoms. The van der Waals surface area contributed by atoms with Crippen LogP contribution < -0.4 is 5.69 Å². The third-order valence-electron chi connectivity index (χ3n) is 2.44. The zero-order chi connectivity index (χ0) is 13.3. The van der Waals surface area contributed by atoms with Gasteiger partial charge in [-0.2, -0.15) is 18.2 Å². The number of aryl methyl sites for hydroxylation is 1. The highest BCUT2D eigenvalue weighted by molar-refractivity contribution is 5.36. The summed E-state index contributed by atoms with van der Waals surface area (Å²) in [6, 6.07) is 4.71. The molecule has 0 aliphatic rings. The molecule has 0 aliphatic carbocycles. The maximum absolute atomic E-state index is 12.6. The van der Waals surface area contributed by atoms with E-state index in [0.717, 1.165) is 12.1 Å². The minimum absolute atomic E-state index is 0.233. The lowest BCUT2D eigenvalue weighted by Crippen LogP contribution is -2.09. The molecule has 0 atom stereocenters. The van der Waals surface area contributed by atoms with E-state index in [2.05, 4.69) is 10.1 Å². The number of benzene rings is 1. The fourth-order valence-corrected chi connectivity index (χ4v) is 1.62. The summed E-state index contributed by atoms with van der Waals surface area (Å²) in [7, 11) is 0. The van der Waals surface area contributed by atoms with Crippen molar-refractivity contribution in [2.75, 3.05) is 0 Å². The lowest BCUT2D eigenvalue weighted by molar-refractivity contribution is -0.137. The van der Waals surface area contributed by atoms with E-state index in [9.17, 15) is 18.0 Å². The van der Waals surface area contributed by atoms with Gasteiger partial charge in [0.15, 0.2) is 0 Å². The number of nitrogens with one attached hydrogen (secondary N) is 1. The summed E-state index contributed by atoms with van der Waals surface area (Å²) in [5.41, 5.74) is -1.11. The summed E-state index contributed by atoms with van der Waals surface area (Å²) in [5, 5.41) is 2.37. The van der Waals surface area contributed by atoms with E-state index in [4.69, 9.17) is 0 Å². The number of halogens is 3. The van der Waals surface area contributed by atoms with E-state index in [-0.39, 0.29) is 5.69 Å². The normalized spacial score (nSPS) is 11.8. The molecule has 0 radical (unpaired) electrons. The van der Waals surface area contributed by atoms with Crippen LogP contribution in [0, 0.1) is 0 Å². The van der Waals surface area contributed by atoms with Crippen molar-refractivity contribution >= 4 is 0 Å². The lowest BCUT2D eigenvalue weighted by atomic mass is 10.2. The molecule has 0 fully saturated rings. The monoisotopic (exact) mass is 257 g/mol. The van der Waals surface area contributed by atoms with Gasteiger partial charge in [0.1, 0.15) is 5.82 Å². The fraction of sp³-hybridized carbons (Fsp3) is 0.273. The van der Waals surface area contributed by atoms with E-state index < -0.39 is 17.4 Å². The Kier molecular flexibility index (Phi) is 2.98. The summed E-state index contributed by atoms with van der Waals surface area (Å²) in [6.07, 6.45) is -3.97. The van der Waals surface area contributed by atoms with E-state index in [1.807, 2.05) is 0 Å². The summed E-state index contributed by atoms with van der Waals surface area (Å²) in [6.45, 7) is 1.76. The standard InChI is InChI=1S/C11H10F3N3O/c1-2-9-15-10(18)16-17(9)8-5-3-4-7(6-8)11(12,13)14/h3-6H,2H2,1H3,(H,16,18). The first-order valence-electron chi connectivity index (χ1n) is 5.27. The molecule has 0 saturated heterocycles. The molecule has 0 unspecified atom stereocenters. The second-order valence-corrected chi connectivity index (χ2v) is 3.68. The summed E-state index contributed by atoms with van der Waals surface area (Å²) in [5.74, 6) is 0.388. The summed E-state index contributed by atoms with van der Waals surface area (Å²) >= 11 is 0. The van der Waals surface area contributed by atoms with E-state index in [1.165, 1.54) is 16.8 Å². The third kappa shape index (κ3) is 2.29. The van der Waals surface area contributed by atoms with Crippen molar-refractivity contribution in [3.63, 3.8) is 0 Å². The molecular formula is C11H10F3N3O. The molecule has 4 nitrogen and oxygen atoms in total. The molecule has 0 aliphatic heterocycles. The highest BCUT2D eigenvalue weighted by atomic mass is 19.4. The van der Waals surface area contributed by atoms with Gasteiger partial charge in [-0.3, -0.25) is 0 Å². The van der Waals surface area contributed by atoms with Gasteiger partial charge >= 0.3 is 11.9 Å². The molecule has 1 aromatic carbocycles. The maximum atomic E-state index is 12.6. The topological polar surface area (TPSA) is 50.7 Å². The van der Waals surface area contributed by atoms with Gasteiger partial charge in [-0.1, -0.05) is 13.0 Å². The number of aromatic nitrogens is 3. The Bertz CT molecular complexity index is 612. The Morgan fingerprint density at radius 3 is 2.72 bits per heavy atom. The summed E-state index contributed by atoms with van der Waals surface area (Å²) < 4.78 is 39.0. The molecule has 0 bridgehead atoms. The van der Waals surface area contributed by atoms with Gasteiger partial charge in [0.25, 0.3) is 0 Å². The van der Waals surface area contributed by atoms with Crippen molar-refractivity contribution in [3.05, 3.63) is 46.1 Å². The van der Waals surface area contributed by atoms with Gasteiger partial charge < -0.3 is 0 Å². The quantitative estimate of drug-likeness (QED) is 0.896. The van der Waals surface area contributed by atoms with Crippen LogP contribution in [-0.4, -0.2) is 14.8 Å². The molecule has 7 heteroatoms. The van der Waals surface area contributed by atoms with Gasteiger partial charge in [0, 0.05) is 6.42 Å². The van der Waals surface area contributed by atoms with Gasteiger partial charge in [-0.25, -0.2) is 14.6 Å². The van der Waals surface area contributed by atoms with Crippen LogP contribution >= 0.6 is 0 Å². The maximum Gasteiger partial charge on any atom is 0.416 e. The number of hydrogen-bond donors (Lipinski definition) is 1. The SMILES string of the molecule is CCc1nc(=O)[nH]n1-c1cccc(C(F)(F)F)c1. The number of alkyl halides is 3. The minimum Gasteiger partial charge on any atom is -0.244 e. The molecule has 2 aromatic rings. The van der Waals surface area contributed by atoms with Gasteiger partial charge in [-0.15, -0.1) is 0 Å². The molecule has 0 saturated carbocycles. The zero-order valence-corrected chi connectivity index (χ0v) is 9.45. The first kappa shape index (κ1) is 12.4. The lowest BCUT2D eigenvalue weighted by Gasteiger charge is -2.10. The van der Waals surface area contributed by atoms with Crippen molar-refractivity contribution < 1.29 is 13.2 Å². The van der Waals surface area contributed by atoms with E-state index in [0.29, 0.717) is 12.2 Å². The molecular weight excluding hydrogens is 247 g/mol. The van der Waals surface area contributed by atoms with Gasteiger partial charge in [0.2, 0.25) is 0 Å². The molecule has 1 N–H and O–H groups in total. The highest BCUT2D eigenvalue weighted by Gasteiger charge is 2.30. The van der Waals surface area contributed by atoms with Crippen molar-refractivity contribution in [2.24, 2.45) is 0 Å². The number of H-pyrrole nitrogens is 1. The molecule has 1 heterocycles. The van der Waals surface area contributed by atoms with Crippen LogP contribution in [0.5, 0.6) is 0 Å². The van der Waals surface area contributed by atoms with Crippen LogP contribution in [0.1, 0.15) is 18.3 Å². The zero-order valence-electron chi connectivity index (χ0n) is 9.45. The van der Waals surface area contributed by atoms with E-state index in [1.54, 1.807) is 6.92 Å². The second kappa shape index (κ2) is 4.32. The Morgan fingerprint density at radius 1 is 1.39 bits per heavy atom. The molecule has 0 spiro atoms. The van der Waals surface area contributed by atoms with Gasteiger partial charge in [0.05, 0.1) is 11.3 Å². The Labute approximate surface area is 100 Å². The van der Waals surface area contributed by atoms with Crippen LogP contribution in [0.2, 0.25) is 0 Å². The number of nitrogens with zero attached hydrogens (tertiary/aromatic N) is 2. The number of rotatable bonds is 2. The molecule has 96 valence electrons. The van der Waals surface area contributed by atoms with Crippen molar-refractivity contribution in [3.8, 4) is 5.69 Å². The van der Waals surface area contributed by atoms with Crippen molar-refractivity contribution in [2.45, 2.75) is 19.5 Å². The second-order valence-electron chi connectivity index (χ2n) is 3.68. The van der Waals surface area contributed by atoms with Crippen LogP contribution in [0.15, 0.2) is 29.1 Å². The predicted octanol–water partition coefficient (Wildman–Crippen LogP) is 2.14. The molecule has 1 aromatic heterocycles. The van der Waals surface area contributed by atoms with Crippen molar-refractivity contribution in [1.29, 1.82) is 0 Å². The predicted molar refractivity (Wildman–Crippen MR) is 58.6 cm³/mol. The molecule has 0 amide bonds. The van der Waals surface area contributed by atoms with Crippen molar-refractivity contribution in [1.82, 2.24) is 14.8 Å². The van der Waals surface area contributed by atoms with Gasteiger partial charge in [-0.05, 0) is 18.2 Å². The van der Waals surface area contributed by atoms with E-state index >= 15 is 0 Å². The first-order valence-corrected chi connectivity index (χ1v) is 5.27. The first-order chi connectivity index (χ1) is 8.41. The van der Waals surface area contributed by atoms with Crippen LogP contribution in [-0.2, 0) is 12.6 Å². The average Bonchev–Trinajstić information content (AvgIpc) is 2.69. The van der Waals surface area contributed by atoms with Crippen LogP contribution in [0.4, 0.5) is 13.2 Å². The molecule has 2 rings (SSSR count). The highest BCUT2D eigenvalue weighted by Crippen LogP contribution is 2.30. The van der Waals surface area contributed by atoms with Crippen LogP contribution in [0.3, 0.4) is 0 Å². The summed E-state index contributed by atoms with van der Waals surface area (Å²) in [4.78, 5) is 14.8. The smallest absolute Gasteiger partial charge is 0.244 e. The van der Waals surface area contributed by atoms with Crippen LogP contribution in [0.25, 0.3) is 5.69 Å². The average molecular weight is 257 g/mol.